The van der Waals surface area contributed by atoms with Crippen LogP contribution in [-0.4, -0.2) is 27.6 Å². The van der Waals surface area contributed by atoms with Crippen LogP contribution in [0.15, 0.2) is 103 Å². The highest BCUT2D eigenvalue weighted by Crippen LogP contribution is 2.43. The summed E-state index contributed by atoms with van der Waals surface area (Å²) < 4.78 is 0. The van der Waals surface area contributed by atoms with E-state index < -0.39 is 12.1 Å². The molecule has 5 aromatic carbocycles. The normalized spacial score (nSPS) is 16.9. The fourth-order valence-corrected chi connectivity index (χ4v) is 6.15. The van der Waals surface area contributed by atoms with Crippen LogP contribution in [0.25, 0.3) is 32.4 Å². The molecule has 1 amide bonds. The maximum Gasteiger partial charge on any atom is 0.261 e. The van der Waals surface area contributed by atoms with Crippen molar-refractivity contribution in [3.05, 3.63) is 131 Å². The minimum absolute atomic E-state index is 0.255. The lowest BCUT2D eigenvalue weighted by molar-refractivity contribution is 0.0886. The Balaban J connectivity index is 1.29. The molecule has 190 valence electrons. The van der Waals surface area contributed by atoms with Gasteiger partial charge >= 0.3 is 0 Å². The Morgan fingerprint density at radius 1 is 0.625 bits per heavy atom. The van der Waals surface area contributed by atoms with Crippen molar-refractivity contribution in [3.8, 4) is 0 Å². The Labute approximate surface area is 228 Å². The van der Waals surface area contributed by atoms with Crippen molar-refractivity contribution in [2.45, 2.75) is 12.1 Å². The van der Waals surface area contributed by atoms with Gasteiger partial charge in [0.25, 0.3) is 5.91 Å². The molecule has 0 saturated carbocycles. The summed E-state index contributed by atoms with van der Waals surface area (Å²) >= 11 is 0. The summed E-state index contributed by atoms with van der Waals surface area (Å²) in [5, 5.41) is 15.7. The Bertz CT molecular complexity index is 2060. The van der Waals surface area contributed by atoms with Crippen molar-refractivity contribution in [2.75, 3.05) is 4.90 Å². The van der Waals surface area contributed by atoms with Gasteiger partial charge in [-0.2, -0.15) is 0 Å². The molecule has 1 atom stereocenters. The van der Waals surface area contributed by atoms with E-state index in [1.807, 2.05) is 72.8 Å². The maximum atomic E-state index is 13.8. The molecule has 0 saturated heterocycles. The molecule has 1 aromatic heterocycles. The minimum Gasteiger partial charge on any atom is -0.369 e. The van der Waals surface area contributed by atoms with Crippen molar-refractivity contribution in [2.24, 2.45) is 0 Å². The largest absolute Gasteiger partial charge is 0.369 e. The van der Waals surface area contributed by atoms with Crippen LogP contribution < -0.4 is 4.90 Å². The van der Waals surface area contributed by atoms with E-state index in [1.165, 1.54) is 4.90 Å². The van der Waals surface area contributed by atoms with E-state index in [1.54, 1.807) is 30.3 Å². The number of aromatic nitrogens is 1. The first kappa shape index (κ1) is 22.8. The van der Waals surface area contributed by atoms with Crippen LogP contribution in [-0.2, 0) is 0 Å². The molecule has 6 nitrogen and oxygen atoms in total. The fraction of sp³-hybridized carbons (Fsp3) is 0.0588. The summed E-state index contributed by atoms with van der Waals surface area (Å²) in [7, 11) is 0. The van der Waals surface area contributed by atoms with Gasteiger partial charge in [0.1, 0.15) is 5.92 Å². The van der Waals surface area contributed by atoms with Gasteiger partial charge in [0, 0.05) is 27.6 Å². The second-order valence-electron chi connectivity index (χ2n) is 10.3. The molecule has 0 spiro atoms. The molecule has 6 aromatic rings. The first-order valence-corrected chi connectivity index (χ1v) is 13.0. The van der Waals surface area contributed by atoms with E-state index >= 15 is 0 Å². The predicted molar refractivity (Wildman–Crippen MR) is 153 cm³/mol. The second-order valence-corrected chi connectivity index (χ2v) is 10.3. The standard InChI is InChI=1S/C34H20N2O4/c37-31-23-13-18-7-1-2-8-19(18)14-24(23)32(38)30(31)28-17-29(22-11-5-6-12-27(22)35-28)36-33(39)25-15-20-9-3-4-10-21(20)16-26(25)34(36)40/h1-17,30,33,39H. The molecule has 2 heterocycles. The molecule has 1 N–H and O–H groups in total. The third-order valence-electron chi connectivity index (χ3n) is 8.10. The number of carbonyl (C=O) groups is 3. The van der Waals surface area contributed by atoms with Crippen LogP contribution in [0.4, 0.5) is 5.69 Å². The number of para-hydroxylation sites is 1. The Hall–Kier alpha value is -5.20. The Morgan fingerprint density at radius 2 is 1.15 bits per heavy atom. The van der Waals surface area contributed by atoms with Gasteiger partial charge in [-0.3, -0.25) is 24.3 Å². The van der Waals surface area contributed by atoms with Crippen molar-refractivity contribution >= 4 is 55.6 Å². The van der Waals surface area contributed by atoms with E-state index in [4.69, 9.17) is 4.98 Å². The lowest BCUT2D eigenvalue weighted by Crippen LogP contribution is -2.28. The molecule has 1 aliphatic carbocycles. The highest BCUT2D eigenvalue weighted by atomic mass is 16.3. The molecule has 1 aliphatic heterocycles. The molecular weight excluding hydrogens is 500 g/mol. The van der Waals surface area contributed by atoms with E-state index in [2.05, 4.69) is 0 Å². The SMILES string of the molecule is O=C1c2cc3ccccc3cc2C(=O)C1c1cc(N2C(=O)c3cc4ccccc4cc3C2O)c2ccccc2n1. The fourth-order valence-electron chi connectivity index (χ4n) is 6.15. The van der Waals surface area contributed by atoms with Gasteiger partial charge in [-0.1, -0.05) is 66.7 Å². The van der Waals surface area contributed by atoms with E-state index in [0.717, 1.165) is 21.5 Å². The highest BCUT2D eigenvalue weighted by Gasteiger charge is 2.43. The first-order chi connectivity index (χ1) is 19.5. The van der Waals surface area contributed by atoms with E-state index in [-0.39, 0.29) is 23.2 Å². The number of hydrogen-bond donors (Lipinski definition) is 1. The number of benzene rings is 5. The molecule has 40 heavy (non-hydrogen) atoms. The number of fused-ring (bicyclic) bond motifs is 5. The van der Waals surface area contributed by atoms with Crippen molar-refractivity contribution in [1.82, 2.24) is 4.98 Å². The van der Waals surface area contributed by atoms with Gasteiger partial charge in [0.15, 0.2) is 17.8 Å². The van der Waals surface area contributed by atoms with Crippen LogP contribution in [0.3, 0.4) is 0 Å². The van der Waals surface area contributed by atoms with Gasteiger partial charge in [-0.05, 0) is 57.9 Å². The molecule has 8 rings (SSSR count). The number of Topliss-reactive ketones (excluding diaryl/α,β-unsaturated/α-hetero) is 2. The Kier molecular flexibility index (Phi) is 4.64. The zero-order valence-electron chi connectivity index (χ0n) is 21.0. The molecule has 0 radical (unpaired) electrons. The zero-order chi connectivity index (χ0) is 27.1. The van der Waals surface area contributed by atoms with Gasteiger partial charge in [0.05, 0.1) is 16.9 Å². The number of aliphatic hydroxyl groups is 1. The predicted octanol–water partition coefficient (Wildman–Crippen LogP) is 6.36. The quantitative estimate of drug-likeness (QED) is 0.269. The summed E-state index contributed by atoms with van der Waals surface area (Å²) in [5.41, 5.74) is 2.87. The van der Waals surface area contributed by atoms with Crippen molar-refractivity contribution in [3.63, 3.8) is 0 Å². The number of nitrogens with zero attached hydrogens (tertiary/aromatic N) is 2. The topological polar surface area (TPSA) is 87.6 Å². The number of anilines is 1. The third-order valence-corrected chi connectivity index (χ3v) is 8.10. The van der Waals surface area contributed by atoms with Crippen LogP contribution in [0.2, 0.25) is 0 Å². The molecule has 1 unspecified atom stereocenters. The third kappa shape index (κ3) is 3.08. The van der Waals surface area contributed by atoms with Gasteiger partial charge in [-0.15, -0.1) is 0 Å². The lowest BCUT2D eigenvalue weighted by Gasteiger charge is -2.24. The van der Waals surface area contributed by atoms with Gasteiger partial charge < -0.3 is 5.11 Å². The number of aliphatic hydroxyl groups excluding tert-OH is 1. The van der Waals surface area contributed by atoms with Crippen LogP contribution in [0.5, 0.6) is 0 Å². The number of rotatable bonds is 2. The number of ketones is 2. The summed E-state index contributed by atoms with van der Waals surface area (Å²) in [5.74, 6) is -2.12. The summed E-state index contributed by atoms with van der Waals surface area (Å²) in [6.07, 6.45) is -1.23. The molecular formula is C34H20N2O4. The number of hydrogen-bond acceptors (Lipinski definition) is 5. The number of amides is 1. The number of carbonyl (C=O) groups excluding carboxylic acids is 3. The summed E-state index contributed by atoms with van der Waals surface area (Å²) in [4.78, 5) is 47.2. The maximum absolute atomic E-state index is 13.8. The minimum atomic E-state index is -1.23. The molecule has 2 aliphatic rings. The van der Waals surface area contributed by atoms with E-state index in [9.17, 15) is 19.5 Å². The average molecular weight is 521 g/mol. The molecule has 0 bridgehead atoms. The van der Waals surface area contributed by atoms with Crippen molar-refractivity contribution in [1.29, 1.82) is 0 Å². The lowest BCUT2D eigenvalue weighted by atomic mass is 9.97. The smallest absolute Gasteiger partial charge is 0.261 e. The van der Waals surface area contributed by atoms with Gasteiger partial charge in [0.2, 0.25) is 0 Å². The average Bonchev–Trinajstić information content (AvgIpc) is 3.37. The summed E-state index contributed by atoms with van der Waals surface area (Å²) in [6.45, 7) is 0. The van der Waals surface area contributed by atoms with Crippen LogP contribution in [0.1, 0.15) is 54.5 Å². The summed E-state index contributed by atoms with van der Waals surface area (Å²) in [6, 6.07) is 31.3. The first-order valence-electron chi connectivity index (χ1n) is 13.0. The van der Waals surface area contributed by atoms with Crippen LogP contribution in [0, 0.1) is 0 Å². The second kappa shape index (κ2) is 8.15. The Morgan fingerprint density at radius 3 is 1.77 bits per heavy atom. The number of pyridine rings is 1. The van der Waals surface area contributed by atoms with Gasteiger partial charge in [-0.25, -0.2) is 0 Å². The van der Waals surface area contributed by atoms with E-state index in [0.29, 0.717) is 38.8 Å². The zero-order valence-corrected chi connectivity index (χ0v) is 21.0. The molecule has 6 heteroatoms. The monoisotopic (exact) mass is 520 g/mol. The van der Waals surface area contributed by atoms with Crippen LogP contribution >= 0.6 is 0 Å². The van der Waals surface area contributed by atoms with Crippen molar-refractivity contribution < 1.29 is 19.5 Å². The highest BCUT2D eigenvalue weighted by molar-refractivity contribution is 6.31. The molecule has 0 fully saturated rings.